The van der Waals surface area contributed by atoms with Gasteiger partial charge < -0.3 is 9.47 Å². The highest BCUT2D eigenvalue weighted by Crippen LogP contribution is 2.25. The SMILES string of the molecule is COc1ccc(S(=O)(=O)N(C)c2ccc(OCCCCC#N)cc2)cc1. The summed E-state index contributed by atoms with van der Waals surface area (Å²) in [5.41, 5.74) is 0.539. The molecular weight excluding hydrogens is 352 g/mol. The van der Waals surface area contributed by atoms with Crippen molar-refractivity contribution in [3.05, 3.63) is 48.5 Å². The summed E-state index contributed by atoms with van der Waals surface area (Å²) in [5, 5.41) is 8.49. The summed E-state index contributed by atoms with van der Waals surface area (Å²) < 4.78 is 37.3. The molecule has 6 nitrogen and oxygen atoms in total. The van der Waals surface area contributed by atoms with Gasteiger partial charge in [0.25, 0.3) is 10.0 Å². The van der Waals surface area contributed by atoms with Crippen molar-refractivity contribution in [1.82, 2.24) is 0 Å². The lowest BCUT2D eigenvalue weighted by Gasteiger charge is -2.20. The van der Waals surface area contributed by atoms with Crippen LogP contribution in [0.3, 0.4) is 0 Å². The van der Waals surface area contributed by atoms with Crippen LogP contribution in [0.2, 0.25) is 0 Å². The van der Waals surface area contributed by atoms with E-state index in [1.54, 1.807) is 36.4 Å². The molecule has 7 heteroatoms. The van der Waals surface area contributed by atoms with Crippen molar-refractivity contribution in [2.75, 3.05) is 25.1 Å². The Morgan fingerprint density at radius 2 is 1.62 bits per heavy atom. The van der Waals surface area contributed by atoms with Crippen molar-refractivity contribution in [1.29, 1.82) is 5.26 Å². The lowest BCUT2D eigenvalue weighted by Crippen LogP contribution is -2.26. The van der Waals surface area contributed by atoms with Gasteiger partial charge in [-0.25, -0.2) is 8.42 Å². The molecule has 0 heterocycles. The molecule has 138 valence electrons. The van der Waals surface area contributed by atoms with Crippen LogP contribution in [0.25, 0.3) is 0 Å². The predicted octanol–water partition coefficient (Wildman–Crippen LogP) is 3.59. The van der Waals surface area contributed by atoms with Crippen LogP contribution in [0, 0.1) is 11.3 Å². The summed E-state index contributed by atoms with van der Waals surface area (Å²) in [4.78, 5) is 0.193. The van der Waals surface area contributed by atoms with Crippen LogP contribution in [0.15, 0.2) is 53.4 Å². The molecule has 0 saturated heterocycles. The summed E-state index contributed by atoms with van der Waals surface area (Å²) in [7, 11) is -0.609. The van der Waals surface area contributed by atoms with Crippen molar-refractivity contribution in [3.63, 3.8) is 0 Å². The van der Waals surface area contributed by atoms with Crippen molar-refractivity contribution in [3.8, 4) is 17.6 Å². The van der Waals surface area contributed by atoms with Gasteiger partial charge >= 0.3 is 0 Å². The number of benzene rings is 2. The van der Waals surface area contributed by atoms with Gasteiger partial charge in [-0.15, -0.1) is 0 Å². The van der Waals surface area contributed by atoms with Gasteiger partial charge in [0.15, 0.2) is 0 Å². The van der Waals surface area contributed by atoms with Crippen LogP contribution >= 0.6 is 0 Å². The first kappa shape index (κ1) is 19.6. The summed E-state index contributed by atoms with van der Waals surface area (Å²) in [6, 6.07) is 15.2. The molecule has 0 aliphatic carbocycles. The third kappa shape index (κ3) is 4.90. The van der Waals surface area contributed by atoms with Crippen molar-refractivity contribution in [2.45, 2.75) is 24.2 Å². The fourth-order valence-corrected chi connectivity index (χ4v) is 3.49. The quantitative estimate of drug-likeness (QED) is 0.627. The number of rotatable bonds is 9. The maximum Gasteiger partial charge on any atom is 0.264 e. The van der Waals surface area contributed by atoms with Gasteiger partial charge in [-0.05, 0) is 61.4 Å². The first-order valence-electron chi connectivity index (χ1n) is 8.22. The van der Waals surface area contributed by atoms with Gasteiger partial charge in [-0.2, -0.15) is 5.26 Å². The molecule has 0 fully saturated rings. The van der Waals surface area contributed by atoms with Crippen molar-refractivity contribution < 1.29 is 17.9 Å². The van der Waals surface area contributed by atoms with Crippen LogP contribution in [-0.2, 0) is 10.0 Å². The number of ether oxygens (including phenoxy) is 2. The maximum atomic E-state index is 12.7. The number of nitrogens with zero attached hydrogens (tertiary/aromatic N) is 2. The lowest BCUT2D eigenvalue weighted by molar-refractivity contribution is 0.307. The molecule has 0 spiro atoms. The topological polar surface area (TPSA) is 79.6 Å². The van der Waals surface area contributed by atoms with Crippen molar-refractivity contribution in [2.24, 2.45) is 0 Å². The zero-order valence-corrected chi connectivity index (χ0v) is 15.7. The minimum atomic E-state index is -3.65. The molecule has 26 heavy (non-hydrogen) atoms. The first-order valence-corrected chi connectivity index (χ1v) is 9.66. The monoisotopic (exact) mass is 374 g/mol. The molecule has 0 radical (unpaired) electrons. The Bertz CT molecular complexity index is 841. The molecule has 2 rings (SSSR count). The van der Waals surface area contributed by atoms with Crippen LogP contribution in [0.4, 0.5) is 5.69 Å². The van der Waals surface area contributed by atoms with Gasteiger partial charge in [-0.1, -0.05) is 0 Å². The molecule has 2 aromatic carbocycles. The van der Waals surface area contributed by atoms with Gasteiger partial charge in [0.1, 0.15) is 11.5 Å². The largest absolute Gasteiger partial charge is 0.497 e. The number of hydrogen-bond donors (Lipinski definition) is 0. The molecule has 0 aliphatic heterocycles. The maximum absolute atomic E-state index is 12.7. The zero-order chi connectivity index (χ0) is 19.0. The third-order valence-corrected chi connectivity index (χ3v) is 5.67. The molecule has 0 saturated carbocycles. The average molecular weight is 374 g/mol. The van der Waals surface area contributed by atoms with E-state index < -0.39 is 10.0 Å². The van der Waals surface area contributed by atoms with E-state index >= 15 is 0 Å². The van der Waals surface area contributed by atoms with E-state index in [2.05, 4.69) is 6.07 Å². The zero-order valence-electron chi connectivity index (χ0n) is 14.9. The smallest absolute Gasteiger partial charge is 0.264 e. The van der Waals surface area contributed by atoms with Gasteiger partial charge in [0.2, 0.25) is 0 Å². The Morgan fingerprint density at radius 1 is 1.00 bits per heavy atom. The number of hydrogen-bond acceptors (Lipinski definition) is 5. The second-order valence-electron chi connectivity index (χ2n) is 5.61. The van der Waals surface area contributed by atoms with Crippen LogP contribution in [-0.4, -0.2) is 29.2 Å². The Hall–Kier alpha value is -2.72. The number of anilines is 1. The molecule has 0 amide bonds. The molecule has 2 aromatic rings. The fraction of sp³-hybridized carbons (Fsp3) is 0.316. The fourth-order valence-electron chi connectivity index (χ4n) is 2.29. The minimum Gasteiger partial charge on any atom is -0.497 e. The molecule has 0 aromatic heterocycles. The Morgan fingerprint density at radius 3 is 2.19 bits per heavy atom. The molecular formula is C19H22N2O4S. The number of unbranched alkanes of at least 4 members (excludes halogenated alkanes) is 2. The summed E-state index contributed by atoms with van der Waals surface area (Å²) in [6.07, 6.45) is 2.13. The first-order chi connectivity index (χ1) is 12.5. The molecule has 0 N–H and O–H groups in total. The Balaban J connectivity index is 2.03. The van der Waals surface area contributed by atoms with E-state index in [1.165, 1.54) is 30.6 Å². The summed E-state index contributed by atoms with van der Waals surface area (Å²) in [6.45, 7) is 0.529. The predicted molar refractivity (Wildman–Crippen MR) is 100.0 cm³/mol. The highest BCUT2D eigenvalue weighted by Gasteiger charge is 2.21. The average Bonchev–Trinajstić information content (AvgIpc) is 2.67. The van der Waals surface area contributed by atoms with Crippen LogP contribution < -0.4 is 13.8 Å². The second-order valence-corrected chi connectivity index (χ2v) is 7.57. The normalized spacial score (nSPS) is 10.8. The highest BCUT2D eigenvalue weighted by atomic mass is 32.2. The number of nitriles is 1. The Kier molecular flexibility index (Phi) is 6.87. The molecule has 0 bridgehead atoms. The van der Waals surface area contributed by atoms with Gasteiger partial charge in [0.05, 0.1) is 30.4 Å². The Labute approximate surface area is 154 Å². The van der Waals surface area contributed by atoms with Crippen LogP contribution in [0.1, 0.15) is 19.3 Å². The van der Waals surface area contributed by atoms with Gasteiger partial charge in [0, 0.05) is 13.5 Å². The number of methoxy groups -OCH3 is 1. The van der Waals surface area contributed by atoms with Crippen molar-refractivity contribution >= 4 is 15.7 Å². The van der Waals surface area contributed by atoms with E-state index in [-0.39, 0.29) is 4.90 Å². The molecule has 0 atom stereocenters. The molecule has 0 unspecified atom stereocenters. The summed E-state index contributed by atoms with van der Waals surface area (Å²) >= 11 is 0. The van der Waals surface area contributed by atoms with Crippen LogP contribution in [0.5, 0.6) is 11.5 Å². The summed E-state index contributed by atoms with van der Waals surface area (Å²) in [5.74, 6) is 1.27. The number of sulfonamides is 1. The molecule has 0 aliphatic rings. The van der Waals surface area contributed by atoms with E-state index in [0.717, 1.165) is 12.8 Å². The standard InChI is InChI=1S/C19H22N2O4S/c1-21(26(22,23)19-12-10-17(24-2)11-13-19)16-6-8-18(9-7-16)25-15-5-3-4-14-20/h6-13H,3-5,15H2,1-2H3. The van der Waals surface area contributed by atoms with E-state index in [4.69, 9.17) is 14.7 Å². The lowest BCUT2D eigenvalue weighted by atomic mass is 10.2. The van der Waals surface area contributed by atoms with E-state index in [9.17, 15) is 8.42 Å². The van der Waals surface area contributed by atoms with E-state index in [1.807, 2.05) is 0 Å². The minimum absolute atomic E-state index is 0.193. The third-order valence-electron chi connectivity index (χ3n) is 3.87. The highest BCUT2D eigenvalue weighted by molar-refractivity contribution is 7.92. The van der Waals surface area contributed by atoms with Gasteiger partial charge in [-0.3, -0.25) is 4.31 Å². The van der Waals surface area contributed by atoms with E-state index in [0.29, 0.717) is 30.2 Å². The second kappa shape index (κ2) is 9.11.